The first-order valence-electron chi connectivity index (χ1n) is 7.19. The summed E-state index contributed by atoms with van der Waals surface area (Å²) in [5, 5.41) is 0. The standard InChI is InChI=1S/C15H17NO6S/c1-2-23(20,21)12-7-4-3-6-11(12)15(19)22-10-14(18)16-9-5-8-13(16)17/h3-4,6-7H,2,5,8-10H2,1H3. The zero-order chi connectivity index (χ0) is 17.0. The number of imide groups is 1. The molecule has 1 saturated heterocycles. The molecule has 1 aliphatic rings. The van der Waals surface area contributed by atoms with E-state index in [9.17, 15) is 22.8 Å². The third-order valence-electron chi connectivity index (χ3n) is 3.52. The topological polar surface area (TPSA) is 97.8 Å². The van der Waals surface area contributed by atoms with E-state index in [0.717, 1.165) is 4.90 Å². The van der Waals surface area contributed by atoms with Crippen LogP contribution in [0.25, 0.3) is 0 Å². The zero-order valence-electron chi connectivity index (χ0n) is 12.6. The van der Waals surface area contributed by atoms with Crippen LogP contribution in [0.1, 0.15) is 30.1 Å². The minimum Gasteiger partial charge on any atom is -0.452 e. The number of ether oxygens (including phenoxy) is 1. The number of benzene rings is 1. The van der Waals surface area contributed by atoms with Crippen molar-refractivity contribution in [2.45, 2.75) is 24.7 Å². The Morgan fingerprint density at radius 2 is 1.96 bits per heavy atom. The van der Waals surface area contributed by atoms with Gasteiger partial charge < -0.3 is 4.74 Å². The minimum absolute atomic E-state index is 0.116. The predicted octanol–water partition coefficient (Wildman–Crippen LogP) is 0.786. The number of carbonyl (C=O) groups is 3. The van der Waals surface area contributed by atoms with E-state index < -0.39 is 28.3 Å². The van der Waals surface area contributed by atoms with Gasteiger partial charge in [-0.2, -0.15) is 0 Å². The van der Waals surface area contributed by atoms with Gasteiger partial charge in [0.25, 0.3) is 5.91 Å². The maximum absolute atomic E-state index is 12.1. The molecule has 8 heteroatoms. The second-order valence-corrected chi connectivity index (χ2v) is 7.27. The molecule has 0 aliphatic carbocycles. The van der Waals surface area contributed by atoms with Gasteiger partial charge in [-0.25, -0.2) is 13.2 Å². The molecule has 2 rings (SSSR count). The van der Waals surface area contributed by atoms with Crippen LogP contribution >= 0.6 is 0 Å². The Hall–Kier alpha value is -2.22. The van der Waals surface area contributed by atoms with Gasteiger partial charge in [0.15, 0.2) is 16.4 Å². The van der Waals surface area contributed by atoms with Crippen molar-refractivity contribution in [2.24, 2.45) is 0 Å². The Morgan fingerprint density at radius 3 is 2.57 bits per heavy atom. The lowest BCUT2D eigenvalue weighted by atomic mass is 10.2. The zero-order valence-corrected chi connectivity index (χ0v) is 13.5. The average molecular weight is 339 g/mol. The minimum atomic E-state index is -3.59. The average Bonchev–Trinajstić information content (AvgIpc) is 2.98. The van der Waals surface area contributed by atoms with Gasteiger partial charge in [0, 0.05) is 13.0 Å². The number of likely N-dealkylation sites (tertiary alicyclic amines) is 1. The fourth-order valence-electron chi connectivity index (χ4n) is 2.26. The van der Waals surface area contributed by atoms with Crippen molar-refractivity contribution in [3.05, 3.63) is 29.8 Å². The molecule has 1 aromatic carbocycles. The summed E-state index contributed by atoms with van der Waals surface area (Å²) < 4.78 is 28.9. The van der Waals surface area contributed by atoms with Crippen molar-refractivity contribution in [2.75, 3.05) is 18.9 Å². The van der Waals surface area contributed by atoms with Crippen molar-refractivity contribution in [3.63, 3.8) is 0 Å². The summed E-state index contributed by atoms with van der Waals surface area (Å²) in [4.78, 5) is 36.3. The first-order valence-corrected chi connectivity index (χ1v) is 8.84. The summed E-state index contributed by atoms with van der Waals surface area (Å²) in [5.41, 5.74) is -0.116. The predicted molar refractivity (Wildman–Crippen MR) is 80.4 cm³/mol. The molecule has 2 amide bonds. The third kappa shape index (κ3) is 3.76. The van der Waals surface area contributed by atoms with E-state index in [1.54, 1.807) is 0 Å². The molecule has 0 spiro atoms. The smallest absolute Gasteiger partial charge is 0.339 e. The molecule has 23 heavy (non-hydrogen) atoms. The van der Waals surface area contributed by atoms with E-state index in [-0.39, 0.29) is 22.1 Å². The fraction of sp³-hybridized carbons (Fsp3) is 0.400. The number of carbonyl (C=O) groups excluding carboxylic acids is 3. The van der Waals surface area contributed by atoms with Crippen molar-refractivity contribution in [1.82, 2.24) is 4.90 Å². The van der Waals surface area contributed by atoms with Crippen LogP contribution in [0.3, 0.4) is 0 Å². The van der Waals surface area contributed by atoms with Gasteiger partial charge >= 0.3 is 5.97 Å². The van der Waals surface area contributed by atoms with Crippen LogP contribution < -0.4 is 0 Å². The number of hydrogen-bond acceptors (Lipinski definition) is 6. The van der Waals surface area contributed by atoms with Crippen molar-refractivity contribution in [1.29, 1.82) is 0 Å². The molecule has 7 nitrogen and oxygen atoms in total. The molecule has 1 aliphatic heterocycles. The maximum Gasteiger partial charge on any atom is 0.339 e. The quantitative estimate of drug-likeness (QED) is 0.736. The lowest BCUT2D eigenvalue weighted by molar-refractivity contribution is -0.143. The maximum atomic E-state index is 12.1. The normalized spacial score (nSPS) is 14.8. The first-order chi connectivity index (χ1) is 10.9. The van der Waals surface area contributed by atoms with E-state index >= 15 is 0 Å². The van der Waals surface area contributed by atoms with Gasteiger partial charge in [-0.1, -0.05) is 19.1 Å². The summed E-state index contributed by atoms with van der Waals surface area (Å²) >= 11 is 0. The molecular formula is C15H17NO6S. The molecule has 0 radical (unpaired) electrons. The summed E-state index contributed by atoms with van der Waals surface area (Å²) in [6.45, 7) is 1.20. The highest BCUT2D eigenvalue weighted by atomic mass is 32.2. The van der Waals surface area contributed by atoms with Gasteiger partial charge in [-0.15, -0.1) is 0 Å². The van der Waals surface area contributed by atoms with Crippen LogP contribution in [0.15, 0.2) is 29.2 Å². The van der Waals surface area contributed by atoms with Crippen LogP contribution in [-0.4, -0.2) is 50.0 Å². The monoisotopic (exact) mass is 339 g/mol. The van der Waals surface area contributed by atoms with Crippen LogP contribution in [0.5, 0.6) is 0 Å². The van der Waals surface area contributed by atoms with Crippen LogP contribution in [-0.2, 0) is 24.2 Å². The summed E-state index contributed by atoms with van der Waals surface area (Å²) in [6, 6.07) is 5.67. The molecule has 1 fully saturated rings. The highest BCUT2D eigenvalue weighted by Crippen LogP contribution is 2.18. The first kappa shape index (κ1) is 17.1. The molecule has 0 bridgehead atoms. The highest BCUT2D eigenvalue weighted by molar-refractivity contribution is 7.91. The second kappa shape index (κ2) is 6.91. The lowest BCUT2D eigenvalue weighted by Gasteiger charge is -2.14. The molecular weight excluding hydrogens is 322 g/mol. The van der Waals surface area contributed by atoms with Gasteiger partial charge in [-0.05, 0) is 18.6 Å². The van der Waals surface area contributed by atoms with Gasteiger partial charge in [0.2, 0.25) is 5.91 Å². The molecule has 124 valence electrons. The second-order valence-electron chi connectivity index (χ2n) is 5.02. The fourth-order valence-corrected chi connectivity index (χ4v) is 3.34. The van der Waals surface area contributed by atoms with E-state index in [0.29, 0.717) is 19.4 Å². The van der Waals surface area contributed by atoms with Crippen molar-refractivity contribution >= 4 is 27.6 Å². The van der Waals surface area contributed by atoms with Gasteiger partial charge in [-0.3, -0.25) is 14.5 Å². The van der Waals surface area contributed by atoms with Crippen molar-refractivity contribution < 1.29 is 27.5 Å². The number of rotatable bonds is 5. The number of sulfone groups is 1. The van der Waals surface area contributed by atoms with E-state index in [2.05, 4.69) is 0 Å². The summed E-state index contributed by atoms with van der Waals surface area (Å²) in [7, 11) is -3.59. The third-order valence-corrected chi connectivity index (χ3v) is 5.31. The summed E-state index contributed by atoms with van der Waals surface area (Å²) in [6.07, 6.45) is 0.896. The van der Waals surface area contributed by atoms with Crippen LogP contribution in [0, 0.1) is 0 Å². The Morgan fingerprint density at radius 1 is 1.26 bits per heavy atom. The number of esters is 1. The largest absolute Gasteiger partial charge is 0.452 e. The molecule has 0 unspecified atom stereocenters. The van der Waals surface area contributed by atoms with Gasteiger partial charge in [0.05, 0.1) is 16.2 Å². The van der Waals surface area contributed by atoms with Crippen LogP contribution in [0.4, 0.5) is 0 Å². The molecule has 1 aromatic rings. The Kier molecular flexibility index (Phi) is 5.15. The molecule has 0 aromatic heterocycles. The van der Waals surface area contributed by atoms with Gasteiger partial charge in [0.1, 0.15) is 0 Å². The Bertz CT molecular complexity index is 740. The summed E-state index contributed by atoms with van der Waals surface area (Å²) in [5.74, 6) is -1.95. The van der Waals surface area contributed by atoms with Crippen molar-refractivity contribution in [3.8, 4) is 0 Å². The lowest BCUT2D eigenvalue weighted by Crippen LogP contribution is -2.35. The number of amides is 2. The highest BCUT2D eigenvalue weighted by Gasteiger charge is 2.28. The van der Waals surface area contributed by atoms with E-state index in [1.807, 2.05) is 0 Å². The van der Waals surface area contributed by atoms with E-state index in [1.165, 1.54) is 31.2 Å². The Labute approximate surface area is 134 Å². The molecule has 0 atom stereocenters. The molecule has 0 N–H and O–H groups in total. The Balaban J connectivity index is 2.10. The SMILES string of the molecule is CCS(=O)(=O)c1ccccc1C(=O)OCC(=O)N1CCCC1=O. The number of hydrogen-bond donors (Lipinski definition) is 0. The molecule has 0 saturated carbocycles. The molecule has 1 heterocycles. The van der Waals surface area contributed by atoms with E-state index in [4.69, 9.17) is 4.74 Å². The van der Waals surface area contributed by atoms with Crippen LogP contribution in [0.2, 0.25) is 0 Å². The number of nitrogens with zero attached hydrogens (tertiary/aromatic N) is 1.